The summed E-state index contributed by atoms with van der Waals surface area (Å²) in [6.07, 6.45) is 0.749. The molecule has 2 rings (SSSR count). The van der Waals surface area contributed by atoms with Crippen LogP contribution in [0.5, 0.6) is 0 Å². The molecule has 8 heteroatoms. The van der Waals surface area contributed by atoms with Crippen LogP contribution < -0.4 is 5.73 Å². The Hall–Kier alpha value is -1.41. The van der Waals surface area contributed by atoms with E-state index in [-0.39, 0.29) is 0 Å². The number of aromatic nitrogens is 5. The summed E-state index contributed by atoms with van der Waals surface area (Å²) < 4.78 is 6.89. The van der Waals surface area contributed by atoms with E-state index in [9.17, 15) is 0 Å². The van der Waals surface area contributed by atoms with Crippen LogP contribution in [0.25, 0.3) is 0 Å². The average molecular weight is 254 g/mol. The Balaban J connectivity index is 1.99. The molecular weight excluding hydrogens is 240 g/mol. The Morgan fingerprint density at radius 3 is 2.82 bits per heavy atom. The van der Waals surface area contributed by atoms with Gasteiger partial charge in [-0.3, -0.25) is 0 Å². The van der Waals surface area contributed by atoms with E-state index < -0.39 is 0 Å². The molecule has 0 aromatic carbocycles. The van der Waals surface area contributed by atoms with E-state index in [4.69, 9.17) is 10.3 Å². The standard InChI is InChI=1S/C9H14N6OS/c1-3-8-11-6(14-16-8)5-17-9-13-12-7(4-10)15(9)2/h3-5,10H2,1-2H3. The Kier molecular flexibility index (Phi) is 3.75. The van der Waals surface area contributed by atoms with Crippen molar-refractivity contribution >= 4 is 11.8 Å². The van der Waals surface area contributed by atoms with Crippen LogP contribution in [0.3, 0.4) is 0 Å². The molecule has 0 fully saturated rings. The number of nitrogens with two attached hydrogens (primary N) is 1. The van der Waals surface area contributed by atoms with Crippen molar-refractivity contribution in [3.63, 3.8) is 0 Å². The van der Waals surface area contributed by atoms with Gasteiger partial charge in [-0.2, -0.15) is 4.98 Å². The monoisotopic (exact) mass is 254 g/mol. The maximum Gasteiger partial charge on any atom is 0.226 e. The summed E-state index contributed by atoms with van der Waals surface area (Å²) in [5, 5.41) is 12.7. The van der Waals surface area contributed by atoms with E-state index >= 15 is 0 Å². The Labute approximate surface area is 103 Å². The summed E-state index contributed by atoms with van der Waals surface area (Å²) in [7, 11) is 1.89. The molecular formula is C9H14N6OS. The van der Waals surface area contributed by atoms with Crippen molar-refractivity contribution in [1.82, 2.24) is 24.9 Å². The first-order valence-corrected chi connectivity index (χ1v) is 6.25. The fourth-order valence-corrected chi connectivity index (χ4v) is 2.04. The maximum absolute atomic E-state index is 5.52. The maximum atomic E-state index is 5.52. The van der Waals surface area contributed by atoms with Gasteiger partial charge in [-0.15, -0.1) is 10.2 Å². The van der Waals surface area contributed by atoms with E-state index in [1.54, 1.807) is 0 Å². The minimum atomic E-state index is 0.381. The van der Waals surface area contributed by atoms with E-state index in [0.29, 0.717) is 24.0 Å². The van der Waals surface area contributed by atoms with E-state index in [0.717, 1.165) is 17.4 Å². The highest BCUT2D eigenvalue weighted by Gasteiger charge is 2.10. The van der Waals surface area contributed by atoms with Gasteiger partial charge in [-0.1, -0.05) is 23.8 Å². The molecule has 0 atom stereocenters. The average Bonchev–Trinajstić information content (AvgIpc) is 2.93. The zero-order valence-corrected chi connectivity index (χ0v) is 10.6. The molecule has 0 radical (unpaired) electrons. The topological polar surface area (TPSA) is 95.7 Å². The predicted molar refractivity (Wildman–Crippen MR) is 62.1 cm³/mol. The lowest BCUT2D eigenvalue weighted by Gasteiger charge is -1.99. The lowest BCUT2D eigenvalue weighted by atomic mass is 10.5. The van der Waals surface area contributed by atoms with E-state index in [1.807, 2.05) is 18.5 Å². The second kappa shape index (κ2) is 5.28. The molecule has 0 aliphatic rings. The summed E-state index contributed by atoms with van der Waals surface area (Å²) in [5.41, 5.74) is 5.52. The van der Waals surface area contributed by atoms with Crippen LogP contribution in [0.15, 0.2) is 9.68 Å². The summed E-state index contributed by atoms with van der Waals surface area (Å²) in [6, 6.07) is 0. The SMILES string of the molecule is CCc1nc(CSc2nnc(CN)n2C)no1. The summed E-state index contributed by atoms with van der Waals surface area (Å²) in [5.74, 6) is 2.69. The van der Waals surface area contributed by atoms with Gasteiger partial charge in [0.1, 0.15) is 5.82 Å². The smallest absolute Gasteiger partial charge is 0.226 e. The minimum Gasteiger partial charge on any atom is -0.339 e. The Morgan fingerprint density at radius 1 is 1.41 bits per heavy atom. The predicted octanol–water partition coefficient (Wildman–Crippen LogP) is 0.511. The zero-order valence-electron chi connectivity index (χ0n) is 9.75. The Bertz CT molecular complexity index is 493. The first-order chi connectivity index (χ1) is 8.24. The largest absolute Gasteiger partial charge is 0.339 e. The van der Waals surface area contributed by atoms with Crippen molar-refractivity contribution in [2.75, 3.05) is 0 Å². The second-order valence-electron chi connectivity index (χ2n) is 3.41. The lowest BCUT2D eigenvalue weighted by molar-refractivity contribution is 0.378. The molecule has 0 unspecified atom stereocenters. The van der Waals surface area contributed by atoms with Gasteiger partial charge in [0.2, 0.25) is 5.89 Å². The summed E-state index contributed by atoms with van der Waals surface area (Å²) in [4.78, 5) is 4.22. The van der Waals surface area contributed by atoms with Crippen molar-refractivity contribution in [3.05, 3.63) is 17.5 Å². The lowest BCUT2D eigenvalue weighted by Crippen LogP contribution is -2.05. The fourth-order valence-electron chi connectivity index (χ4n) is 1.27. The Morgan fingerprint density at radius 2 is 2.24 bits per heavy atom. The molecule has 0 aliphatic heterocycles. The number of rotatable bonds is 5. The molecule has 0 aliphatic carbocycles. The molecule has 2 aromatic heterocycles. The third-order valence-corrected chi connectivity index (χ3v) is 3.27. The quantitative estimate of drug-likeness (QED) is 0.776. The second-order valence-corrected chi connectivity index (χ2v) is 4.35. The highest BCUT2D eigenvalue weighted by molar-refractivity contribution is 7.98. The normalized spacial score (nSPS) is 11.0. The van der Waals surface area contributed by atoms with Crippen LogP contribution in [0, 0.1) is 0 Å². The molecule has 0 saturated carbocycles. The molecule has 0 spiro atoms. The number of hydrogen-bond donors (Lipinski definition) is 1. The van der Waals surface area contributed by atoms with Gasteiger partial charge in [0, 0.05) is 13.5 Å². The first kappa shape index (κ1) is 12.1. The molecule has 2 N–H and O–H groups in total. The number of nitrogens with zero attached hydrogens (tertiary/aromatic N) is 5. The van der Waals surface area contributed by atoms with Crippen molar-refractivity contribution in [2.45, 2.75) is 30.8 Å². The van der Waals surface area contributed by atoms with Crippen molar-refractivity contribution in [2.24, 2.45) is 12.8 Å². The van der Waals surface area contributed by atoms with Gasteiger partial charge in [-0.05, 0) is 0 Å². The summed E-state index contributed by atoms with van der Waals surface area (Å²) in [6.45, 7) is 2.35. The van der Waals surface area contributed by atoms with Gasteiger partial charge < -0.3 is 14.8 Å². The van der Waals surface area contributed by atoms with Crippen LogP contribution in [-0.4, -0.2) is 24.9 Å². The van der Waals surface area contributed by atoms with Gasteiger partial charge in [-0.25, -0.2) is 0 Å². The van der Waals surface area contributed by atoms with Crippen molar-refractivity contribution < 1.29 is 4.52 Å². The van der Waals surface area contributed by atoms with Gasteiger partial charge in [0.05, 0.1) is 12.3 Å². The van der Waals surface area contributed by atoms with Gasteiger partial charge >= 0.3 is 0 Å². The number of thioether (sulfide) groups is 1. The highest BCUT2D eigenvalue weighted by atomic mass is 32.2. The zero-order chi connectivity index (χ0) is 12.3. The molecule has 92 valence electrons. The molecule has 2 aromatic rings. The third-order valence-electron chi connectivity index (χ3n) is 2.25. The van der Waals surface area contributed by atoms with E-state index in [1.165, 1.54) is 11.8 Å². The molecule has 17 heavy (non-hydrogen) atoms. The fraction of sp³-hybridized carbons (Fsp3) is 0.556. The van der Waals surface area contributed by atoms with Crippen LogP contribution >= 0.6 is 11.8 Å². The summed E-state index contributed by atoms with van der Waals surface area (Å²) >= 11 is 1.51. The van der Waals surface area contributed by atoms with Gasteiger partial charge in [0.25, 0.3) is 0 Å². The van der Waals surface area contributed by atoms with Crippen molar-refractivity contribution in [1.29, 1.82) is 0 Å². The van der Waals surface area contributed by atoms with Gasteiger partial charge in [0.15, 0.2) is 11.0 Å². The van der Waals surface area contributed by atoms with Crippen LogP contribution in [0.1, 0.15) is 24.5 Å². The van der Waals surface area contributed by atoms with Crippen LogP contribution in [-0.2, 0) is 25.8 Å². The van der Waals surface area contributed by atoms with Crippen LogP contribution in [0.4, 0.5) is 0 Å². The highest BCUT2D eigenvalue weighted by Crippen LogP contribution is 2.19. The molecule has 7 nitrogen and oxygen atoms in total. The van der Waals surface area contributed by atoms with E-state index in [2.05, 4.69) is 20.3 Å². The number of hydrogen-bond acceptors (Lipinski definition) is 7. The van der Waals surface area contributed by atoms with Crippen molar-refractivity contribution in [3.8, 4) is 0 Å². The molecule has 2 heterocycles. The number of aryl methyl sites for hydroxylation is 1. The first-order valence-electron chi connectivity index (χ1n) is 5.27. The van der Waals surface area contributed by atoms with Crippen LogP contribution in [0.2, 0.25) is 0 Å². The minimum absolute atomic E-state index is 0.381. The molecule has 0 saturated heterocycles. The molecule has 0 amide bonds. The third kappa shape index (κ3) is 2.64. The molecule has 0 bridgehead atoms.